The van der Waals surface area contributed by atoms with E-state index in [0.717, 1.165) is 24.3 Å². The Labute approximate surface area is 123 Å². The SMILES string of the molecule is O=S1(=O)CCC(NC2CCSCC2)c2cc(F)ccc21. The van der Waals surface area contributed by atoms with Crippen LogP contribution in [0, 0.1) is 5.82 Å². The third-order valence-electron chi connectivity index (χ3n) is 4.02. The molecule has 6 heteroatoms. The number of hydrogen-bond donors (Lipinski definition) is 1. The molecule has 0 aromatic heterocycles. The normalized spacial score (nSPS) is 26.1. The van der Waals surface area contributed by atoms with E-state index in [1.807, 2.05) is 11.8 Å². The van der Waals surface area contributed by atoms with E-state index in [0.29, 0.717) is 22.9 Å². The average Bonchev–Trinajstić information content (AvgIpc) is 2.43. The van der Waals surface area contributed by atoms with Crippen LogP contribution in [0.5, 0.6) is 0 Å². The van der Waals surface area contributed by atoms with Crippen molar-refractivity contribution in [1.82, 2.24) is 5.32 Å². The lowest BCUT2D eigenvalue weighted by Crippen LogP contribution is -2.38. The Balaban J connectivity index is 1.88. The van der Waals surface area contributed by atoms with Crippen molar-refractivity contribution in [1.29, 1.82) is 0 Å². The summed E-state index contributed by atoms with van der Waals surface area (Å²) in [7, 11) is -3.24. The molecule has 1 aromatic rings. The molecule has 1 aromatic carbocycles. The zero-order valence-electron chi connectivity index (χ0n) is 11.1. The van der Waals surface area contributed by atoms with Gasteiger partial charge in [0.15, 0.2) is 9.84 Å². The van der Waals surface area contributed by atoms with Gasteiger partial charge in [0.05, 0.1) is 10.6 Å². The van der Waals surface area contributed by atoms with Gasteiger partial charge in [-0.05, 0) is 54.5 Å². The van der Waals surface area contributed by atoms with Gasteiger partial charge in [0, 0.05) is 12.1 Å². The Morgan fingerprint density at radius 1 is 1.20 bits per heavy atom. The highest BCUT2D eigenvalue weighted by Crippen LogP contribution is 2.33. The van der Waals surface area contributed by atoms with Crippen LogP contribution in [-0.2, 0) is 9.84 Å². The number of nitrogens with one attached hydrogen (secondary N) is 1. The van der Waals surface area contributed by atoms with E-state index < -0.39 is 9.84 Å². The van der Waals surface area contributed by atoms with Crippen LogP contribution in [-0.4, -0.2) is 31.7 Å². The van der Waals surface area contributed by atoms with Crippen molar-refractivity contribution in [3.8, 4) is 0 Å². The van der Waals surface area contributed by atoms with Gasteiger partial charge in [-0.15, -0.1) is 0 Å². The maximum atomic E-state index is 13.5. The molecule has 1 N–H and O–H groups in total. The lowest BCUT2D eigenvalue weighted by molar-refractivity contribution is 0.395. The van der Waals surface area contributed by atoms with Crippen LogP contribution in [0.4, 0.5) is 4.39 Å². The molecule has 1 atom stereocenters. The fraction of sp³-hybridized carbons (Fsp3) is 0.571. The van der Waals surface area contributed by atoms with Crippen molar-refractivity contribution in [2.45, 2.75) is 36.2 Å². The molecule has 0 bridgehead atoms. The van der Waals surface area contributed by atoms with E-state index >= 15 is 0 Å². The molecule has 1 unspecified atom stereocenters. The van der Waals surface area contributed by atoms with Crippen LogP contribution in [0.3, 0.4) is 0 Å². The minimum atomic E-state index is -3.24. The standard InChI is InChI=1S/C14H18FNO2S2/c15-10-1-2-14-12(9-10)13(5-8-20(14,17)18)16-11-3-6-19-7-4-11/h1-2,9,11,13,16H,3-8H2. The molecule has 3 nitrogen and oxygen atoms in total. The highest BCUT2D eigenvalue weighted by atomic mass is 32.2. The maximum Gasteiger partial charge on any atom is 0.178 e. The molecule has 3 rings (SSSR count). The molecular weight excluding hydrogens is 297 g/mol. The highest BCUT2D eigenvalue weighted by molar-refractivity contribution is 7.99. The van der Waals surface area contributed by atoms with Crippen LogP contribution in [0.2, 0.25) is 0 Å². The van der Waals surface area contributed by atoms with E-state index in [2.05, 4.69) is 5.32 Å². The number of thioether (sulfide) groups is 1. The van der Waals surface area contributed by atoms with Crippen LogP contribution in [0.1, 0.15) is 30.9 Å². The van der Waals surface area contributed by atoms with Gasteiger partial charge in [0.2, 0.25) is 0 Å². The fourth-order valence-electron chi connectivity index (χ4n) is 2.94. The Kier molecular flexibility index (Phi) is 4.06. The van der Waals surface area contributed by atoms with Gasteiger partial charge < -0.3 is 5.32 Å². The van der Waals surface area contributed by atoms with Crippen LogP contribution >= 0.6 is 11.8 Å². The zero-order valence-corrected chi connectivity index (χ0v) is 12.8. The summed E-state index contributed by atoms with van der Waals surface area (Å²) in [6.07, 6.45) is 2.72. The van der Waals surface area contributed by atoms with Gasteiger partial charge in [-0.2, -0.15) is 11.8 Å². The predicted molar refractivity (Wildman–Crippen MR) is 79.3 cm³/mol. The molecule has 0 saturated carbocycles. The Hall–Kier alpha value is -0.590. The molecule has 0 radical (unpaired) electrons. The van der Waals surface area contributed by atoms with Gasteiger partial charge in [-0.3, -0.25) is 0 Å². The first-order chi connectivity index (χ1) is 9.56. The quantitative estimate of drug-likeness (QED) is 0.852. The summed E-state index contributed by atoms with van der Waals surface area (Å²) in [5, 5.41) is 3.53. The van der Waals surface area contributed by atoms with Crippen molar-refractivity contribution >= 4 is 21.6 Å². The van der Waals surface area contributed by atoms with E-state index in [9.17, 15) is 12.8 Å². The molecule has 2 aliphatic rings. The third kappa shape index (κ3) is 2.87. The molecule has 0 amide bonds. The molecule has 2 heterocycles. The van der Waals surface area contributed by atoms with Crippen LogP contribution in [0.15, 0.2) is 23.1 Å². The maximum absolute atomic E-state index is 13.5. The number of halogens is 1. The largest absolute Gasteiger partial charge is 0.307 e. The number of fused-ring (bicyclic) bond motifs is 1. The summed E-state index contributed by atoms with van der Waals surface area (Å²) >= 11 is 1.95. The van der Waals surface area contributed by atoms with E-state index in [1.54, 1.807) is 0 Å². The monoisotopic (exact) mass is 315 g/mol. The Bertz CT molecular complexity index is 597. The average molecular weight is 315 g/mol. The minimum absolute atomic E-state index is 0.0441. The van der Waals surface area contributed by atoms with Crippen LogP contribution < -0.4 is 5.32 Å². The summed E-state index contributed by atoms with van der Waals surface area (Å²) in [6, 6.07) is 4.39. The summed E-state index contributed by atoms with van der Waals surface area (Å²) in [4.78, 5) is 0.299. The van der Waals surface area contributed by atoms with Gasteiger partial charge in [0.1, 0.15) is 5.82 Å². The van der Waals surface area contributed by atoms with Gasteiger partial charge in [-0.1, -0.05) is 0 Å². The topological polar surface area (TPSA) is 46.2 Å². The van der Waals surface area contributed by atoms with Gasteiger partial charge in [-0.25, -0.2) is 12.8 Å². The number of hydrogen-bond acceptors (Lipinski definition) is 4. The molecule has 0 aliphatic carbocycles. The third-order valence-corrected chi connectivity index (χ3v) is 6.88. The lowest BCUT2D eigenvalue weighted by atomic mass is 10.0. The molecule has 0 spiro atoms. The first-order valence-electron chi connectivity index (χ1n) is 6.92. The van der Waals surface area contributed by atoms with E-state index in [1.165, 1.54) is 18.2 Å². The lowest BCUT2D eigenvalue weighted by Gasteiger charge is -2.32. The molecule has 2 aliphatic heterocycles. The number of benzene rings is 1. The minimum Gasteiger partial charge on any atom is -0.307 e. The van der Waals surface area contributed by atoms with E-state index in [4.69, 9.17) is 0 Å². The smallest absolute Gasteiger partial charge is 0.178 e. The highest BCUT2D eigenvalue weighted by Gasteiger charge is 2.31. The van der Waals surface area contributed by atoms with Crippen molar-refractivity contribution in [3.63, 3.8) is 0 Å². The Morgan fingerprint density at radius 3 is 2.70 bits per heavy atom. The molecule has 1 saturated heterocycles. The van der Waals surface area contributed by atoms with Crippen molar-refractivity contribution in [2.24, 2.45) is 0 Å². The van der Waals surface area contributed by atoms with Crippen molar-refractivity contribution in [3.05, 3.63) is 29.6 Å². The fourth-order valence-corrected chi connectivity index (χ4v) is 5.64. The second kappa shape index (κ2) is 5.66. The summed E-state index contributed by atoms with van der Waals surface area (Å²) < 4.78 is 37.6. The molecule has 1 fully saturated rings. The summed E-state index contributed by atoms with van der Waals surface area (Å²) in [5.74, 6) is 2.05. The summed E-state index contributed by atoms with van der Waals surface area (Å²) in [5.41, 5.74) is 0.606. The first-order valence-corrected chi connectivity index (χ1v) is 9.73. The predicted octanol–water partition coefficient (Wildman–Crippen LogP) is 2.53. The second-order valence-electron chi connectivity index (χ2n) is 5.40. The number of rotatable bonds is 2. The zero-order chi connectivity index (χ0) is 14.2. The van der Waals surface area contributed by atoms with Crippen molar-refractivity contribution in [2.75, 3.05) is 17.3 Å². The van der Waals surface area contributed by atoms with Gasteiger partial charge >= 0.3 is 0 Å². The molecule has 110 valence electrons. The number of sulfone groups is 1. The van der Waals surface area contributed by atoms with Gasteiger partial charge in [0.25, 0.3) is 0 Å². The molecular formula is C14H18FNO2S2. The van der Waals surface area contributed by atoms with E-state index in [-0.39, 0.29) is 17.6 Å². The summed E-state index contributed by atoms with van der Waals surface area (Å²) in [6.45, 7) is 0. The Morgan fingerprint density at radius 2 is 1.95 bits per heavy atom. The first kappa shape index (κ1) is 14.4. The molecule has 20 heavy (non-hydrogen) atoms. The van der Waals surface area contributed by atoms with Crippen LogP contribution in [0.25, 0.3) is 0 Å². The second-order valence-corrected chi connectivity index (χ2v) is 8.70. The van der Waals surface area contributed by atoms with Crippen molar-refractivity contribution < 1.29 is 12.8 Å².